The molecule has 14 heavy (non-hydrogen) atoms. The van der Waals surface area contributed by atoms with Gasteiger partial charge in [0.2, 0.25) is 0 Å². The Morgan fingerprint density at radius 1 is 1.00 bits per heavy atom. The fourth-order valence-electron chi connectivity index (χ4n) is 1.77. The highest BCUT2D eigenvalue weighted by atomic mass is 35.7. The van der Waals surface area contributed by atoms with Crippen molar-refractivity contribution in [2.75, 3.05) is 13.1 Å². The summed E-state index contributed by atoms with van der Waals surface area (Å²) >= 11 is 6.48. The third-order valence-electron chi connectivity index (χ3n) is 2.55. The number of nitrogens with zero attached hydrogens (tertiary/aromatic N) is 1. The smallest absolute Gasteiger partial charge is 0.0945 e. The van der Waals surface area contributed by atoms with Gasteiger partial charge >= 0.3 is 0 Å². The van der Waals surface area contributed by atoms with E-state index in [2.05, 4.69) is 28.9 Å². The minimum absolute atomic E-state index is 0.588. The van der Waals surface area contributed by atoms with Crippen LogP contribution >= 0.6 is 18.7 Å². The molecule has 1 nitrogen and oxygen atoms in total. The molecule has 0 saturated carbocycles. The van der Waals surface area contributed by atoms with E-state index in [4.69, 9.17) is 11.2 Å². The second kappa shape index (κ2) is 5.11. The molecule has 76 valence electrons. The van der Waals surface area contributed by atoms with Crippen LogP contribution in [0.3, 0.4) is 0 Å². The first kappa shape index (κ1) is 10.4. The van der Waals surface area contributed by atoms with Gasteiger partial charge in [0.05, 0.1) is 7.43 Å². The molecule has 1 atom stereocenters. The van der Waals surface area contributed by atoms with Crippen molar-refractivity contribution in [2.45, 2.75) is 19.3 Å². The topological polar surface area (TPSA) is 3.24 Å². The molecule has 1 unspecified atom stereocenters. The average Bonchev–Trinajstić information content (AvgIpc) is 2.30. The van der Waals surface area contributed by atoms with Crippen molar-refractivity contribution in [3.63, 3.8) is 0 Å². The Bertz CT molecular complexity index is 272. The van der Waals surface area contributed by atoms with Crippen LogP contribution < -0.4 is 5.30 Å². The van der Waals surface area contributed by atoms with Gasteiger partial charge in [-0.25, -0.2) is 0 Å². The van der Waals surface area contributed by atoms with E-state index in [1.54, 1.807) is 0 Å². The number of hydrogen-bond donors (Lipinski definition) is 0. The van der Waals surface area contributed by atoms with Gasteiger partial charge in [-0.15, -0.1) is 0 Å². The number of hydrogen-bond acceptors (Lipinski definition) is 1. The van der Waals surface area contributed by atoms with Crippen molar-refractivity contribution < 1.29 is 0 Å². The fraction of sp³-hybridized carbons (Fsp3) is 0.455. The number of benzene rings is 1. The van der Waals surface area contributed by atoms with E-state index in [1.165, 1.54) is 37.7 Å². The maximum Gasteiger partial charge on any atom is 0.0945 e. The standard InChI is InChI=1S/C11H15ClNP/c12-14(11-7-3-1-4-8-11)13-9-5-2-6-10-13/h1,3-4,7-8H,2,5-6,9-10H2. The Morgan fingerprint density at radius 3 is 2.29 bits per heavy atom. The number of piperidine rings is 1. The lowest BCUT2D eigenvalue weighted by Crippen LogP contribution is -2.26. The zero-order valence-electron chi connectivity index (χ0n) is 8.19. The SMILES string of the molecule is ClP(c1ccccc1)N1CCCCC1. The molecule has 1 saturated heterocycles. The molecule has 0 aromatic heterocycles. The highest BCUT2D eigenvalue weighted by Gasteiger charge is 2.19. The molecular formula is C11H15ClNP. The van der Waals surface area contributed by atoms with Crippen LogP contribution in [0.15, 0.2) is 30.3 Å². The molecule has 1 aromatic carbocycles. The van der Waals surface area contributed by atoms with Gasteiger partial charge in [0.15, 0.2) is 0 Å². The summed E-state index contributed by atoms with van der Waals surface area (Å²) in [5.74, 6) is 0. The van der Waals surface area contributed by atoms with Crippen molar-refractivity contribution in [3.05, 3.63) is 30.3 Å². The van der Waals surface area contributed by atoms with E-state index >= 15 is 0 Å². The quantitative estimate of drug-likeness (QED) is 0.701. The summed E-state index contributed by atoms with van der Waals surface area (Å²) in [5.41, 5.74) is 0. The van der Waals surface area contributed by atoms with Gasteiger partial charge in [0, 0.05) is 18.4 Å². The maximum atomic E-state index is 6.48. The predicted molar refractivity (Wildman–Crippen MR) is 64.3 cm³/mol. The molecule has 0 spiro atoms. The lowest BCUT2D eigenvalue weighted by Gasteiger charge is -2.30. The summed E-state index contributed by atoms with van der Waals surface area (Å²) in [6, 6.07) is 10.4. The fourth-order valence-corrected chi connectivity index (χ4v) is 3.94. The van der Waals surface area contributed by atoms with Crippen LogP contribution in [0.1, 0.15) is 19.3 Å². The summed E-state index contributed by atoms with van der Waals surface area (Å²) in [7, 11) is -0.588. The first-order valence-electron chi connectivity index (χ1n) is 5.14. The van der Waals surface area contributed by atoms with E-state index in [0.29, 0.717) is 0 Å². The lowest BCUT2D eigenvalue weighted by molar-refractivity contribution is 0.375. The molecule has 0 amide bonds. The summed E-state index contributed by atoms with van der Waals surface area (Å²) in [5, 5.41) is 1.28. The Balaban J connectivity index is 2.03. The summed E-state index contributed by atoms with van der Waals surface area (Å²) in [6.45, 7) is 2.34. The Morgan fingerprint density at radius 2 is 1.64 bits per heavy atom. The average molecular weight is 228 g/mol. The molecule has 0 bridgehead atoms. The highest BCUT2D eigenvalue weighted by molar-refractivity contribution is 7.88. The second-order valence-electron chi connectivity index (χ2n) is 3.61. The van der Waals surface area contributed by atoms with E-state index in [1.807, 2.05) is 6.07 Å². The van der Waals surface area contributed by atoms with Gasteiger partial charge in [-0.2, -0.15) is 0 Å². The van der Waals surface area contributed by atoms with Crippen LogP contribution in [0.5, 0.6) is 0 Å². The Labute approximate surface area is 91.7 Å². The number of halogens is 1. The monoisotopic (exact) mass is 227 g/mol. The second-order valence-corrected chi connectivity index (χ2v) is 6.17. The molecule has 2 rings (SSSR count). The van der Waals surface area contributed by atoms with Gasteiger partial charge < -0.3 is 0 Å². The first-order valence-corrected chi connectivity index (χ1v) is 7.34. The molecule has 1 aromatic rings. The molecule has 1 aliphatic heterocycles. The molecule has 1 aliphatic rings. The van der Waals surface area contributed by atoms with Gasteiger partial charge in [-0.1, -0.05) is 48.0 Å². The lowest BCUT2D eigenvalue weighted by atomic mass is 10.2. The van der Waals surface area contributed by atoms with Crippen molar-refractivity contribution in [1.29, 1.82) is 0 Å². The van der Waals surface area contributed by atoms with Gasteiger partial charge in [-0.3, -0.25) is 4.67 Å². The molecule has 0 aliphatic carbocycles. The summed E-state index contributed by atoms with van der Waals surface area (Å²) in [4.78, 5) is 0. The van der Waals surface area contributed by atoms with Crippen LogP contribution in [0.25, 0.3) is 0 Å². The van der Waals surface area contributed by atoms with Gasteiger partial charge in [0.25, 0.3) is 0 Å². The normalized spacial score (nSPS) is 20.6. The first-order chi connectivity index (χ1) is 6.88. The summed E-state index contributed by atoms with van der Waals surface area (Å²) < 4.78 is 2.43. The molecule has 0 N–H and O–H groups in total. The van der Waals surface area contributed by atoms with Gasteiger partial charge in [-0.05, 0) is 12.8 Å². The molecule has 3 heteroatoms. The van der Waals surface area contributed by atoms with Crippen molar-refractivity contribution in [3.8, 4) is 0 Å². The van der Waals surface area contributed by atoms with E-state index in [-0.39, 0.29) is 0 Å². The van der Waals surface area contributed by atoms with Crippen molar-refractivity contribution in [1.82, 2.24) is 4.67 Å². The van der Waals surface area contributed by atoms with E-state index in [0.717, 1.165) is 0 Å². The van der Waals surface area contributed by atoms with Crippen LogP contribution in [0, 0.1) is 0 Å². The van der Waals surface area contributed by atoms with E-state index < -0.39 is 7.43 Å². The highest BCUT2D eigenvalue weighted by Crippen LogP contribution is 2.45. The molecule has 1 heterocycles. The minimum atomic E-state index is -0.588. The Hall–Kier alpha value is -0.100. The third-order valence-corrected chi connectivity index (χ3v) is 5.40. The van der Waals surface area contributed by atoms with Crippen LogP contribution in [0.4, 0.5) is 0 Å². The Kier molecular flexibility index (Phi) is 3.81. The van der Waals surface area contributed by atoms with Gasteiger partial charge in [0.1, 0.15) is 0 Å². The minimum Gasteiger partial charge on any atom is -0.266 e. The van der Waals surface area contributed by atoms with Crippen LogP contribution in [0.2, 0.25) is 0 Å². The van der Waals surface area contributed by atoms with Crippen LogP contribution in [-0.4, -0.2) is 17.8 Å². The maximum absolute atomic E-state index is 6.48. The van der Waals surface area contributed by atoms with E-state index in [9.17, 15) is 0 Å². The number of rotatable bonds is 2. The van der Waals surface area contributed by atoms with Crippen molar-refractivity contribution >= 4 is 24.0 Å². The largest absolute Gasteiger partial charge is 0.266 e. The molecule has 1 fully saturated rings. The summed E-state index contributed by atoms with van der Waals surface area (Å²) in [6.07, 6.45) is 3.97. The zero-order chi connectivity index (χ0) is 9.80. The predicted octanol–water partition coefficient (Wildman–Crippen LogP) is 3.35. The third kappa shape index (κ3) is 2.48. The van der Waals surface area contributed by atoms with Crippen molar-refractivity contribution in [2.24, 2.45) is 0 Å². The van der Waals surface area contributed by atoms with Crippen LogP contribution in [-0.2, 0) is 0 Å². The molecular weight excluding hydrogens is 213 g/mol. The molecule has 0 radical (unpaired) electrons. The zero-order valence-corrected chi connectivity index (χ0v) is 9.85.